The predicted octanol–water partition coefficient (Wildman–Crippen LogP) is 3.63. The lowest BCUT2D eigenvalue weighted by molar-refractivity contribution is 0.263. The van der Waals surface area contributed by atoms with Crippen LogP contribution in [0.1, 0.15) is 11.1 Å². The number of ether oxygens (including phenoxy) is 2. The Morgan fingerprint density at radius 2 is 1.58 bits per heavy atom. The maximum atomic E-state index is 5.60. The molecule has 3 rings (SSSR count). The predicted molar refractivity (Wildman–Crippen MR) is 77.0 cm³/mol. The molecule has 2 aromatic carbocycles. The molecule has 1 atom stereocenters. The molecule has 0 aliphatic carbocycles. The van der Waals surface area contributed by atoms with Gasteiger partial charge in [-0.1, -0.05) is 54.6 Å². The van der Waals surface area contributed by atoms with E-state index >= 15 is 0 Å². The zero-order chi connectivity index (χ0) is 12.9. The van der Waals surface area contributed by atoms with Gasteiger partial charge in [0, 0.05) is 0 Å². The van der Waals surface area contributed by atoms with Crippen molar-refractivity contribution in [1.82, 2.24) is 0 Å². The second-order valence-corrected chi connectivity index (χ2v) is 4.58. The average Bonchev–Trinajstić information content (AvgIpc) is 3.29. The molecule has 0 bridgehead atoms. The molecule has 2 aromatic rings. The molecular formula is C17H16O2. The molecule has 0 unspecified atom stereocenters. The van der Waals surface area contributed by atoms with E-state index in [2.05, 4.69) is 36.4 Å². The Morgan fingerprint density at radius 1 is 0.947 bits per heavy atom. The normalized spacial score (nSPS) is 17.6. The molecular weight excluding hydrogens is 236 g/mol. The molecule has 1 fully saturated rings. The van der Waals surface area contributed by atoms with E-state index in [4.69, 9.17) is 9.47 Å². The van der Waals surface area contributed by atoms with Gasteiger partial charge < -0.3 is 9.47 Å². The molecule has 2 nitrogen and oxygen atoms in total. The Bertz CT molecular complexity index is 539. The second-order valence-electron chi connectivity index (χ2n) is 4.58. The molecule has 1 aliphatic rings. The van der Waals surface area contributed by atoms with E-state index in [9.17, 15) is 0 Å². The first-order chi connectivity index (χ1) is 9.40. The molecule has 0 saturated carbocycles. The molecule has 1 saturated heterocycles. The van der Waals surface area contributed by atoms with Crippen LogP contribution in [0.15, 0.2) is 54.6 Å². The van der Waals surface area contributed by atoms with Crippen LogP contribution >= 0.6 is 0 Å². The molecule has 2 heteroatoms. The van der Waals surface area contributed by atoms with Gasteiger partial charge in [-0.25, -0.2) is 0 Å². The average molecular weight is 252 g/mol. The van der Waals surface area contributed by atoms with Gasteiger partial charge in [0.05, 0.1) is 6.61 Å². The zero-order valence-corrected chi connectivity index (χ0v) is 10.7. The minimum atomic E-state index is 0.303. The summed E-state index contributed by atoms with van der Waals surface area (Å²) in [5.41, 5.74) is 2.37. The maximum Gasteiger partial charge on any atom is 0.119 e. The Hall–Kier alpha value is -2.06. The van der Waals surface area contributed by atoms with Gasteiger partial charge in [-0.05, 0) is 23.3 Å². The molecule has 1 heterocycles. The van der Waals surface area contributed by atoms with E-state index in [-0.39, 0.29) is 0 Å². The van der Waals surface area contributed by atoms with Crippen molar-refractivity contribution >= 4 is 12.2 Å². The van der Waals surface area contributed by atoms with E-state index in [0.29, 0.717) is 12.7 Å². The van der Waals surface area contributed by atoms with Crippen molar-refractivity contribution < 1.29 is 9.47 Å². The van der Waals surface area contributed by atoms with Crippen molar-refractivity contribution in [2.75, 3.05) is 13.2 Å². The standard InChI is InChI=1S/C17H16O2/c1-2-4-14(5-3-1)6-7-15-8-10-16(11-9-15)18-12-17-13-19-17/h1-11,17H,12-13H2/b7-6+/t17-/m1/s1. The molecule has 0 amide bonds. The highest BCUT2D eigenvalue weighted by molar-refractivity contribution is 5.69. The van der Waals surface area contributed by atoms with E-state index in [0.717, 1.165) is 12.4 Å². The van der Waals surface area contributed by atoms with Gasteiger partial charge in [0.15, 0.2) is 0 Å². The highest BCUT2D eigenvalue weighted by Crippen LogP contribution is 2.17. The van der Waals surface area contributed by atoms with Crippen molar-refractivity contribution in [1.29, 1.82) is 0 Å². The van der Waals surface area contributed by atoms with Crippen molar-refractivity contribution in [3.05, 3.63) is 65.7 Å². The van der Waals surface area contributed by atoms with Crippen LogP contribution in [0, 0.1) is 0 Å². The SMILES string of the molecule is C(=C\c1ccc(OC[C@@H]2CO2)cc1)/c1ccccc1. The van der Waals surface area contributed by atoms with Gasteiger partial charge in [-0.2, -0.15) is 0 Å². The highest BCUT2D eigenvalue weighted by Gasteiger charge is 2.22. The quantitative estimate of drug-likeness (QED) is 0.598. The largest absolute Gasteiger partial charge is 0.491 e. The fraction of sp³-hybridized carbons (Fsp3) is 0.176. The van der Waals surface area contributed by atoms with Crippen LogP contribution < -0.4 is 4.74 Å². The van der Waals surface area contributed by atoms with Gasteiger partial charge in [0.25, 0.3) is 0 Å². The van der Waals surface area contributed by atoms with E-state index in [1.165, 1.54) is 11.1 Å². The molecule has 0 N–H and O–H groups in total. The number of benzene rings is 2. The lowest BCUT2D eigenvalue weighted by atomic mass is 10.1. The molecule has 0 spiro atoms. The van der Waals surface area contributed by atoms with E-state index < -0.39 is 0 Å². The van der Waals surface area contributed by atoms with Crippen LogP contribution in [0.3, 0.4) is 0 Å². The van der Waals surface area contributed by atoms with Crippen LogP contribution in [0.2, 0.25) is 0 Å². The summed E-state index contributed by atoms with van der Waals surface area (Å²) < 4.78 is 10.7. The zero-order valence-electron chi connectivity index (χ0n) is 10.7. The lowest BCUT2D eigenvalue weighted by Crippen LogP contribution is -2.03. The lowest BCUT2D eigenvalue weighted by Gasteiger charge is -2.03. The van der Waals surface area contributed by atoms with Crippen molar-refractivity contribution in [2.24, 2.45) is 0 Å². The third-order valence-corrected chi connectivity index (χ3v) is 2.99. The van der Waals surface area contributed by atoms with Crippen LogP contribution in [0.4, 0.5) is 0 Å². The first-order valence-electron chi connectivity index (χ1n) is 6.48. The van der Waals surface area contributed by atoms with Crippen LogP contribution in [-0.4, -0.2) is 19.3 Å². The van der Waals surface area contributed by atoms with Gasteiger partial charge in [-0.3, -0.25) is 0 Å². The fourth-order valence-electron chi connectivity index (χ4n) is 1.79. The third kappa shape index (κ3) is 3.70. The number of hydrogen-bond donors (Lipinski definition) is 0. The summed E-state index contributed by atoms with van der Waals surface area (Å²) in [5.74, 6) is 0.896. The Morgan fingerprint density at radius 3 is 2.21 bits per heavy atom. The van der Waals surface area contributed by atoms with E-state index in [1.807, 2.05) is 30.3 Å². The maximum absolute atomic E-state index is 5.60. The van der Waals surface area contributed by atoms with Crippen LogP contribution in [0.5, 0.6) is 5.75 Å². The van der Waals surface area contributed by atoms with Crippen LogP contribution in [0.25, 0.3) is 12.2 Å². The summed E-state index contributed by atoms with van der Waals surface area (Å²) in [4.78, 5) is 0. The van der Waals surface area contributed by atoms with Gasteiger partial charge in [0.2, 0.25) is 0 Å². The summed E-state index contributed by atoms with van der Waals surface area (Å²) in [5, 5.41) is 0. The summed E-state index contributed by atoms with van der Waals surface area (Å²) in [7, 11) is 0. The first kappa shape index (κ1) is 12.0. The van der Waals surface area contributed by atoms with Gasteiger partial charge in [-0.15, -0.1) is 0 Å². The monoisotopic (exact) mass is 252 g/mol. The second kappa shape index (κ2) is 5.72. The van der Waals surface area contributed by atoms with Crippen LogP contribution in [-0.2, 0) is 4.74 Å². The summed E-state index contributed by atoms with van der Waals surface area (Å²) in [6, 6.07) is 18.4. The minimum Gasteiger partial charge on any atom is -0.491 e. The first-order valence-corrected chi connectivity index (χ1v) is 6.48. The summed E-state index contributed by atoms with van der Waals surface area (Å²) >= 11 is 0. The number of rotatable bonds is 5. The molecule has 19 heavy (non-hydrogen) atoms. The Labute approximate surface area is 113 Å². The fourth-order valence-corrected chi connectivity index (χ4v) is 1.79. The smallest absolute Gasteiger partial charge is 0.119 e. The number of hydrogen-bond acceptors (Lipinski definition) is 2. The summed E-state index contributed by atoms with van der Waals surface area (Å²) in [6.07, 6.45) is 4.51. The Balaban J connectivity index is 1.60. The van der Waals surface area contributed by atoms with Crippen molar-refractivity contribution in [3.8, 4) is 5.75 Å². The highest BCUT2D eigenvalue weighted by atomic mass is 16.6. The Kier molecular flexibility index (Phi) is 3.61. The van der Waals surface area contributed by atoms with Crippen molar-refractivity contribution in [3.63, 3.8) is 0 Å². The van der Waals surface area contributed by atoms with Crippen molar-refractivity contribution in [2.45, 2.75) is 6.10 Å². The summed E-state index contributed by atoms with van der Waals surface area (Å²) in [6.45, 7) is 1.48. The molecule has 0 aromatic heterocycles. The minimum absolute atomic E-state index is 0.303. The topological polar surface area (TPSA) is 21.8 Å². The van der Waals surface area contributed by atoms with Gasteiger partial charge >= 0.3 is 0 Å². The molecule has 1 aliphatic heterocycles. The third-order valence-electron chi connectivity index (χ3n) is 2.99. The molecule has 96 valence electrons. The van der Waals surface area contributed by atoms with E-state index in [1.54, 1.807) is 0 Å². The van der Waals surface area contributed by atoms with Gasteiger partial charge in [0.1, 0.15) is 18.5 Å². The molecule has 0 radical (unpaired) electrons. The number of epoxide rings is 1.